The first-order valence-electron chi connectivity index (χ1n) is 5.95. The molecule has 0 aromatic heterocycles. The van der Waals surface area contributed by atoms with Gasteiger partial charge in [-0.15, -0.1) is 0 Å². The number of benzene rings is 1. The minimum Gasteiger partial charge on any atom is -0.399 e. The molecule has 98 valence electrons. The Balaban J connectivity index is 2.00. The quantitative estimate of drug-likeness (QED) is 0.808. The summed E-state index contributed by atoms with van der Waals surface area (Å²) in [4.78, 5) is 11.8. The molecular formula is C13H17FN2O2. The van der Waals surface area contributed by atoms with Crippen molar-refractivity contribution in [3.63, 3.8) is 0 Å². The van der Waals surface area contributed by atoms with Crippen LogP contribution < -0.4 is 11.1 Å². The van der Waals surface area contributed by atoms with Gasteiger partial charge in [-0.3, -0.25) is 4.79 Å². The van der Waals surface area contributed by atoms with Gasteiger partial charge < -0.3 is 15.8 Å². The van der Waals surface area contributed by atoms with E-state index in [9.17, 15) is 9.18 Å². The Morgan fingerprint density at radius 3 is 2.83 bits per heavy atom. The predicted molar refractivity (Wildman–Crippen MR) is 67.7 cm³/mol. The first-order valence-corrected chi connectivity index (χ1v) is 5.95. The Morgan fingerprint density at radius 1 is 1.56 bits per heavy atom. The van der Waals surface area contributed by atoms with E-state index in [1.54, 1.807) is 7.11 Å². The zero-order valence-corrected chi connectivity index (χ0v) is 10.3. The number of hydrogen-bond acceptors (Lipinski definition) is 3. The SMILES string of the molecule is COC1(CC(=O)Nc2cc(N)ccc2F)CCC1. The number of amides is 1. The number of carbonyl (C=O) groups excluding carboxylic acids is 1. The highest BCUT2D eigenvalue weighted by molar-refractivity contribution is 5.92. The molecule has 0 spiro atoms. The molecule has 1 aliphatic rings. The van der Waals surface area contributed by atoms with Gasteiger partial charge in [-0.25, -0.2) is 4.39 Å². The molecule has 1 aliphatic carbocycles. The van der Waals surface area contributed by atoms with Crippen LogP contribution >= 0.6 is 0 Å². The third-order valence-corrected chi connectivity index (χ3v) is 3.45. The van der Waals surface area contributed by atoms with Crippen LogP contribution in [0, 0.1) is 5.82 Å². The summed E-state index contributed by atoms with van der Waals surface area (Å²) in [7, 11) is 1.60. The fourth-order valence-corrected chi connectivity index (χ4v) is 2.15. The lowest BCUT2D eigenvalue weighted by Crippen LogP contribution is -2.42. The molecule has 0 heterocycles. The predicted octanol–water partition coefficient (Wildman–Crippen LogP) is 2.31. The van der Waals surface area contributed by atoms with Crippen LogP contribution in [-0.4, -0.2) is 18.6 Å². The molecule has 0 atom stereocenters. The van der Waals surface area contributed by atoms with E-state index in [0.29, 0.717) is 5.69 Å². The highest BCUT2D eigenvalue weighted by atomic mass is 19.1. The van der Waals surface area contributed by atoms with Crippen molar-refractivity contribution in [3.05, 3.63) is 24.0 Å². The van der Waals surface area contributed by atoms with Gasteiger partial charge in [0.25, 0.3) is 0 Å². The average Bonchev–Trinajstić information content (AvgIpc) is 2.28. The third kappa shape index (κ3) is 2.61. The first kappa shape index (κ1) is 12.8. The van der Waals surface area contributed by atoms with Crippen LogP contribution in [0.1, 0.15) is 25.7 Å². The molecule has 4 nitrogen and oxygen atoms in total. The molecule has 0 radical (unpaired) electrons. The number of hydrogen-bond donors (Lipinski definition) is 2. The summed E-state index contributed by atoms with van der Waals surface area (Å²) in [6, 6.07) is 4.10. The van der Waals surface area contributed by atoms with Crippen molar-refractivity contribution in [2.75, 3.05) is 18.2 Å². The minimum absolute atomic E-state index is 0.116. The molecule has 1 aromatic carbocycles. The molecule has 0 unspecified atom stereocenters. The maximum atomic E-state index is 13.4. The van der Waals surface area contributed by atoms with Gasteiger partial charge in [-0.05, 0) is 37.5 Å². The highest BCUT2D eigenvalue weighted by Crippen LogP contribution is 2.38. The van der Waals surface area contributed by atoms with Gasteiger partial charge in [0.1, 0.15) is 5.82 Å². The second kappa shape index (κ2) is 4.94. The van der Waals surface area contributed by atoms with Crippen LogP contribution in [0.5, 0.6) is 0 Å². The van der Waals surface area contributed by atoms with Crippen LogP contribution in [0.4, 0.5) is 15.8 Å². The van der Waals surface area contributed by atoms with Crippen molar-refractivity contribution in [2.24, 2.45) is 0 Å². The van der Waals surface area contributed by atoms with E-state index in [2.05, 4.69) is 5.32 Å². The third-order valence-electron chi connectivity index (χ3n) is 3.45. The summed E-state index contributed by atoms with van der Waals surface area (Å²) < 4.78 is 18.8. The lowest BCUT2D eigenvalue weighted by Gasteiger charge is -2.39. The van der Waals surface area contributed by atoms with E-state index < -0.39 is 5.82 Å². The lowest BCUT2D eigenvalue weighted by atomic mass is 9.77. The molecule has 2 rings (SSSR count). The van der Waals surface area contributed by atoms with Gasteiger partial charge in [0.05, 0.1) is 17.7 Å². The van der Waals surface area contributed by atoms with Crippen molar-refractivity contribution in [1.29, 1.82) is 0 Å². The van der Waals surface area contributed by atoms with Crippen molar-refractivity contribution < 1.29 is 13.9 Å². The molecule has 0 saturated heterocycles. The zero-order chi connectivity index (χ0) is 13.2. The van der Waals surface area contributed by atoms with E-state index in [4.69, 9.17) is 10.5 Å². The molecule has 1 saturated carbocycles. The summed E-state index contributed by atoms with van der Waals surface area (Å²) in [5, 5.41) is 2.54. The smallest absolute Gasteiger partial charge is 0.227 e. The second-order valence-electron chi connectivity index (χ2n) is 4.70. The van der Waals surface area contributed by atoms with Crippen LogP contribution in [-0.2, 0) is 9.53 Å². The highest BCUT2D eigenvalue weighted by Gasteiger charge is 2.39. The van der Waals surface area contributed by atoms with E-state index in [0.717, 1.165) is 19.3 Å². The molecule has 1 amide bonds. The van der Waals surface area contributed by atoms with Crippen molar-refractivity contribution in [3.8, 4) is 0 Å². The number of ether oxygens (including phenoxy) is 1. The van der Waals surface area contributed by atoms with Gasteiger partial charge in [-0.1, -0.05) is 0 Å². The molecular weight excluding hydrogens is 235 g/mol. The molecule has 5 heteroatoms. The number of rotatable bonds is 4. The molecule has 1 fully saturated rings. The summed E-state index contributed by atoms with van der Waals surface area (Å²) in [5.41, 5.74) is 5.72. The van der Waals surface area contributed by atoms with Gasteiger partial charge in [-0.2, -0.15) is 0 Å². The zero-order valence-electron chi connectivity index (χ0n) is 10.3. The molecule has 1 aromatic rings. The monoisotopic (exact) mass is 252 g/mol. The Hall–Kier alpha value is -1.62. The topological polar surface area (TPSA) is 64.3 Å². The molecule has 0 aliphatic heterocycles. The number of halogens is 1. The molecule has 3 N–H and O–H groups in total. The van der Waals surface area contributed by atoms with E-state index in [1.807, 2.05) is 0 Å². The number of nitrogens with two attached hydrogens (primary N) is 1. The summed E-state index contributed by atoms with van der Waals surface area (Å²) in [6.45, 7) is 0. The molecule has 18 heavy (non-hydrogen) atoms. The van der Waals surface area contributed by atoms with Gasteiger partial charge >= 0.3 is 0 Å². The van der Waals surface area contributed by atoms with E-state index >= 15 is 0 Å². The number of nitrogen functional groups attached to an aromatic ring is 1. The number of anilines is 2. The Labute approximate surface area is 105 Å². The number of methoxy groups -OCH3 is 1. The van der Waals surface area contributed by atoms with Gasteiger partial charge in [0.2, 0.25) is 5.91 Å². The Morgan fingerprint density at radius 2 is 2.28 bits per heavy atom. The van der Waals surface area contributed by atoms with Crippen LogP contribution in [0.15, 0.2) is 18.2 Å². The number of carbonyl (C=O) groups is 1. The van der Waals surface area contributed by atoms with Crippen molar-refractivity contribution in [1.82, 2.24) is 0 Å². The fourth-order valence-electron chi connectivity index (χ4n) is 2.15. The van der Waals surface area contributed by atoms with Gasteiger partial charge in [0, 0.05) is 12.8 Å². The normalized spacial score (nSPS) is 17.0. The Bertz CT molecular complexity index is 453. The average molecular weight is 252 g/mol. The lowest BCUT2D eigenvalue weighted by molar-refractivity contribution is -0.129. The largest absolute Gasteiger partial charge is 0.399 e. The Kier molecular flexibility index (Phi) is 3.52. The maximum absolute atomic E-state index is 13.4. The van der Waals surface area contributed by atoms with Crippen LogP contribution in [0.2, 0.25) is 0 Å². The van der Waals surface area contributed by atoms with E-state index in [-0.39, 0.29) is 23.6 Å². The molecule has 0 bridgehead atoms. The number of nitrogens with one attached hydrogen (secondary N) is 1. The van der Waals surface area contributed by atoms with E-state index in [1.165, 1.54) is 18.2 Å². The maximum Gasteiger partial charge on any atom is 0.227 e. The first-order chi connectivity index (χ1) is 8.54. The summed E-state index contributed by atoms with van der Waals surface area (Å²) in [5.74, 6) is -0.737. The van der Waals surface area contributed by atoms with Crippen LogP contribution in [0.25, 0.3) is 0 Å². The summed E-state index contributed by atoms with van der Waals surface area (Å²) >= 11 is 0. The second-order valence-corrected chi connectivity index (χ2v) is 4.70. The minimum atomic E-state index is -0.488. The fraction of sp³-hybridized carbons (Fsp3) is 0.462. The van der Waals surface area contributed by atoms with Gasteiger partial charge in [0.15, 0.2) is 0 Å². The standard InChI is InChI=1S/C13H17FN2O2/c1-18-13(5-2-6-13)8-12(17)16-11-7-9(15)3-4-10(11)14/h3-4,7H,2,5-6,8,15H2,1H3,(H,16,17). The summed E-state index contributed by atoms with van der Waals surface area (Å²) in [6.07, 6.45) is 3.05. The van der Waals surface area contributed by atoms with Crippen molar-refractivity contribution in [2.45, 2.75) is 31.3 Å². The van der Waals surface area contributed by atoms with Crippen LogP contribution in [0.3, 0.4) is 0 Å². The van der Waals surface area contributed by atoms with Crippen molar-refractivity contribution >= 4 is 17.3 Å².